The molecular weight excluding hydrogens is 302 g/mol. The molecule has 0 fully saturated rings. The molecule has 0 aliphatic carbocycles. The molecule has 2 aromatic rings. The highest BCUT2D eigenvalue weighted by Gasteiger charge is 2.22. The predicted octanol–water partition coefficient (Wildman–Crippen LogP) is 2.29. The van der Waals surface area contributed by atoms with Crippen LogP contribution in [0.15, 0.2) is 39.5 Å². The van der Waals surface area contributed by atoms with Crippen LogP contribution in [0.4, 0.5) is 0 Å². The fourth-order valence-electron chi connectivity index (χ4n) is 1.40. The van der Waals surface area contributed by atoms with E-state index in [4.69, 9.17) is 14.4 Å². The van der Waals surface area contributed by atoms with Crippen LogP contribution in [0, 0.1) is 0 Å². The molecule has 94 valence electrons. The average Bonchev–Trinajstić information content (AvgIpc) is 2.78. The van der Waals surface area contributed by atoms with Crippen molar-refractivity contribution in [2.45, 2.75) is 13.2 Å². The third kappa shape index (κ3) is 2.77. The molecule has 18 heavy (non-hydrogen) atoms. The van der Waals surface area contributed by atoms with Crippen molar-refractivity contribution in [2.24, 2.45) is 0 Å². The molecule has 0 spiro atoms. The van der Waals surface area contributed by atoms with E-state index in [0.29, 0.717) is 0 Å². The Morgan fingerprint density at radius 3 is 2.78 bits per heavy atom. The number of ether oxygens (including phenoxy) is 1. The maximum atomic E-state index is 11.8. The minimum absolute atomic E-state index is 0.0833. The summed E-state index contributed by atoms with van der Waals surface area (Å²) >= 11 is 3.07. The number of esters is 1. The maximum Gasteiger partial charge on any atom is 0.345 e. The van der Waals surface area contributed by atoms with Crippen molar-refractivity contribution < 1.29 is 19.2 Å². The van der Waals surface area contributed by atoms with Crippen LogP contribution in [0.3, 0.4) is 0 Å². The van der Waals surface area contributed by atoms with Crippen LogP contribution in [-0.2, 0) is 18.0 Å². The first-order valence-corrected chi connectivity index (χ1v) is 5.97. The summed E-state index contributed by atoms with van der Waals surface area (Å²) in [6, 6.07) is 9.30. The zero-order chi connectivity index (χ0) is 13.0. The topological polar surface area (TPSA) is 72.6 Å². The summed E-state index contributed by atoms with van der Waals surface area (Å²) in [7, 11) is 0. The number of nitrogens with zero attached hydrogens (tertiary/aromatic N) is 1. The molecule has 0 radical (unpaired) electrons. The Bertz CT molecular complexity index is 538. The van der Waals surface area contributed by atoms with Gasteiger partial charge in [0, 0.05) is 0 Å². The maximum absolute atomic E-state index is 11.8. The van der Waals surface area contributed by atoms with Crippen LogP contribution in [0.25, 0.3) is 0 Å². The lowest BCUT2D eigenvalue weighted by Crippen LogP contribution is -2.07. The first-order valence-electron chi connectivity index (χ1n) is 5.18. The summed E-state index contributed by atoms with van der Waals surface area (Å²) in [5.74, 6) is -0.504. The molecule has 0 aliphatic heterocycles. The van der Waals surface area contributed by atoms with Gasteiger partial charge in [-0.15, -0.1) is 0 Å². The fraction of sp³-hybridized carbons (Fsp3) is 0.167. The van der Waals surface area contributed by atoms with Crippen molar-refractivity contribution in [1.82, 2.24) is 5.16 Å². The quantitative estimate of drug-likeness (QED) is 0.877. The molecule has 0 bridgehead atoms. The first kappa shape index (κ1) is 12.8. The summed E-state index contributed by atoms with van der Waals surface area (Å²) < 4.78 is 10.1. The van der Waals surface area contributed by atoms with Crippen LogP contribution >= 0.6 is 15.9 Å². The standard InChI is InChI=1S/C12H10BrNO4/c13-11-10(9(6-15)18-14-11)12(16)17-7-8-4-2-1-3-5-8/h1-5,15H,6-7H2. The molecule has 1 aromatic heterocycles. The highest BCUT2D eigenvalue weighted by atomic mass is 79.9. The van der Waals surface area contributed by atoms with Crippen molar-refractivity contribution in [2.75, 3.05) is 0 Å². The molecule has 0 saturated carbocycles. The molecule has 1 N–H and O–H groups in total. The largest absolute Gasteiger partial charge is 0.457 e. The van der Waals surface area contributed by atoms with Gasteiger partial charge in [0.15, 0.2) is 10.4 Å². The van der Waals surface area contributed by atoms with Gasteiger partial charge in [-0.05, 0) is 21.5 Å². The van der Waals surface area contributed by atoms with E-state index in [9.17, 15) is 4.79 Å². The van der Waals surface area contributed by atoms with E-state index in [-0.39, 0.29) is 22.5 Å². The summed E-state index contributed by atoms with van der Waals surface area (Å²) in [4.78, 5) is 11.8. The van der Waals surface area contributed by atoms with Crippen LogP contribution in [0.5, 0.6) is 0 Å². The van der Waals surface area contributed by atoms with Crippen molar-refractivity contribution in [3.8, 4) is 0 Å². The summed E-state index contributed by atoms with van der Waals surface area (Å²) in [6.45, 7) is -0.253. The van der Waals surface area contributed by atoms with Gasteiger partial charge >= 0.3 is 5.97 Å². The monoisotopic (exact) mass is 311 g/mol. The van der Waals surface area contributed by atoms with E-state index >= 15 is 0 Å². The van der Waals surface area contributed by atoms with Gasteiger partial charge in [0.05, 0.1) is 0 Å². The van der Waals surface area contributed by atoms with Gasteiger partial charge in [0.2, 0.25) is 0 Å². The Kier molecular flexibility index (Phi) is 4.11. The average molecular weight is 312 g/mol. The minimum Gasteiger partial charge on any atom is -0.457 e. The van der Waals surface area contributed by atoms with Gasteiger partial charge in [-0.1, -0.05) is 35.5 Å². The minimum atomic E-state index is -0.587. The smallest absolute Gasteiger partial charge is 0.345 e. The second kappa shape index (κ2) is 5.79. The summed E-state index contributed by atoms with van der Waals surface area (Å²) in [5, 5.41) is 12.5. The third-order valence-corrected chi connectivity index (χ3v) is 2.82. The van der Waals surface area contributed by atoms with Crippen molar-refractivity contribution >= 4 is 21.9 Å². The zero-order valence-electron chi connectivity index (χ0n) is 9.30. The molecule has 0 amide bonds. The van der Waals surface area contributed by atoms with Crippen LogP contribution in [0.2, 0.25) is 0 Å². The van der Waals surface area contributed by atoms with E-state index in [2.05, 4.69) is 21.1 Å². The Balaban J connectivity index is 2.06. The van der Waals surface area contributed by atoms with Crippen molar-refractivity contribution in [1.29, 1.82) is 0 Å². The van der Waals surface area contributed by atoms with Gasteiger partial charge in [-0.2, -0.15) is 0 Å². The Labute approximate surface area is 111 Å². The van der Waals surface area contributed by atoms with Crippen LogP contribution in [-0.4, -0.2) is 16.2 Å². The Morgan fingerprint density at radius 1 is 1.39 bits per heavy atom. The predicted molar refractivity (Wildman–Crippen MR) is 65.7 cm³/mol. The molecule has 0 saturated heterocycles. The Morgan fingerprint density at radius 2 is 2.11 bits per heavy atom. The van der Waals surface area contributed by atoms with E-state index in [0.717, 1.165) is 5.56 Å². The van der Waals surface area contributed by atoms with E-state index in [1.54, 1.807) is 0 Å². The van der Waals surface area contributed by atoms with Crippen LogP contribution < -0.4 is 0 Å². The van der Waals surface area contributed by atoms with Gasteiger partial charge in [-0.3, -0.25) is 0 Å². The molecule has 0 atom stereocenters. The lowest BCUT2D eigenvalue weighted by atomic mass is 10.2. The molecule has 0 aliphatic rings. The molecule has 2 rings (SSSR count). The van der Waals surface area contributed by atoms with Gasteiger partial charge in [0.1, 0.15) is 18.8 Å². The van der Waals surface area contributed by atoms with E-state index in [1.807, 2.05) is 30.3 Å². The highest BCUT2D eigenvalue weighted by molar-refractivity contribution is 9.10. The zero-order valence-corrected chi connectivity index (χ0v) is 10.9. The van der Waals surface area contributed by atoms with E-state index < -0.39 is 12.6 Å². The molecule has 5 nitrogen and oxygen atoms in total. The summed E-state index contributed by atoms with van der Waals surface area (Å²) in [5.41, 5.74) is 0.998. The molecular formula is C12H10BrNO4. The van der Waals surface area contributed by atoms with Crippen LogP contribution in [0.1, 0.15) is 21.7 Å². The lowest BCUT2D eigenvalue weighted by molar-refractivity contribution is 0.0466. The van der Waals surface area contributed by atoms with Gasteiger partial charge in [-0.25, -0.2) is 4.79 Å². The third-order valence-electron chi connectivity index (χ3n) is 2.28. The normalized spacial score (nSPS) is 10.3. The molecule has 1 aromatic carbocycles. The SMILES string of the molecule is O=C(OCc1ccccc1)c1c(Br)noc1CO. The number of aliphatic hydroxyl groups excluding tert-OH is 1. The number of aliphatic hydroxyl groups is 1. The number of rotatable bonds is 4. The number of benzene rings is 1. The summed E-state index contributed by atoms with van der Waals surface area (Å²) in [6.07, 6.45) is 0. The molecule has 0 unspecified atom stereocenters. The number of carbonyl (C=O) groups is 1. The molecule has 6 heteroatoms. The number of hydrogen-bond donors (Lipinski definition) is 1. The van der Waals surface area contributed by atoms with Crippen molar-refractivity contribution in [3.05, 3.63) is 51.8 Å². The number of halogens is 1. The fourth-order valence-corrected chi connectivity index (χ4v) is 1.86. The first-order chi connectivity index (χ1) is 8.72. The van der Waals surface area contributed by atoms with Crippen molar-refractivity contribution in [3.63, 3.8) is 0 Å². The molecule has 1 heterocycles. The highest BCUT2D eigenvalue weighted by Crippen LogP contribution is 2.21. The van der Waals surface area contributed by atoms with Gasteiger partial charge < -0.3 is 14.4 Å². The number of aromatic nitrogens is 1. The lowest BCUT2D eigenvalue weighted by Gasteiger charge is -2.04. The number of carbonyl (C=O) groups excluding carboxylic acids is 1. The Hall–Kier alpha value is -1.66. The second-order valence-corrected chi connectivity index (χ2v) is 4.24. The number of hydrogen-bond acceptors (Lipinski definition) is 5. The van der Waals surface area contributed by atoms with Gasteiger partial charge in [0.25, 0.3) is 0 Å². The van der Waals surface area contributed by atoms with E-state index in [1.165, 1.54) is 0 Å². The second-order valence-electron chi connectivity index (χ2n) is 3.49.